The molecule has 0 bridgehead atoms. The minimum atomic E-state index is -0.721. The van der Waals surface area contributed by atoms with Crippen LogP contribution in [0.5, 0.6) is 0 Å². The Kier molecular flexibility index (Phi) is 6.63. The first kappa shape index (κ1) is 20.1. The van der Waals surface area contributed by atoms with Crippen molar-refractivity contribution in [1.29, 1.82) is 0 Å². The number of ether oxygens (including phenoxy) is 2. The molecule has 3 aromatic rings. The summed E-state index contributed by atoms with van der Waals surface area (Å²) in [6.45, 7) is 1.93. The van der Waals surface area contributed by atoms with Crippen LogP contribution in [0.2, 0.25) is 0 Å². The first-order valence-corrected chi connectivity index (χ1v) is 9.29. The Morgan fingerprint density at radius 2 is 1.72 bits per heavy atom. The Bertz CT molecular complexity index is 973. The van der Waals surface area contributed by atoms with E-state index < -0.39 is 24.5 Å². The molecule has 0 fully saturated rings. The average molecular weight is 395 g/mol. The number of benzene rings is 2. The van der Waals surface area contributed by atoms with Crippen molar-refractivity contribution in [1.82, 2.24) is 0 Å². The molecule has 150 valence electrons. The number of furan rings is 1. The molecule has 0 saturated carbocycles. The van der Waals surface area contributed by atoms with Crippen LogP contribution in [0.4, 0.5) is 5.69 Å². The molecule has 3 rings (SSSR count). The molecule has 0 saturated heterocycles. The minimum absolute atomic E-state index is 0.0324. The predicted molar refractivity (Wildman–Crippen MR) is 107 cm³/mol. The van der Waals surface area contributed by atoms with Crippen LogP contribution in [0, 0.1) is 0 Å². The van der Waals surface area contributed by atoms with Crippen LogP contribution in [0.25, 0.3) is 11.0 Å². The standard InChI is InChI=1S/C22H21NO6/c1-2-3-12-27-21(25)15-8-10-17(11-9-15)23-20(24)14-28-22(26)19-13-16-6-4-5-7-18(16)29-19/h4-11,13H,2-3,12,14H2,1H3,(H,23,24). The van der Waals surface area contributed by atoms with Crippen molar-refractivity contribution in [3.8, 4) is 0 Å². The van der Waals surface area contributed by atoms with Crippen molar-refractivity contribution < 1.29 is 28.3 Å². The Labute approximate surface area is 167 Å². The molecule has 7 nitrogen and oxygen atoms in total. The molecule has 1 aromatic heterocycles. The number of fused-ring (bicyclic) bond motifs is 1. The van der Waals surface area contributed by atoms with Crippen molar-refractivity contribution in [2.75, 3.05) is 18.5 Å². The van der Waals surface area contributed by atoms with Gasteiger partial charge in [0.1, 0.15) is 5.58 Å². The van der Waals surface area contributed by atoms with Gasteiger partial charge in [0.25, 0.3) is 5.91 Å². The number of esters is 2. The molecule has 29 heavy (non-hydrogen) atoms. The zero-order chi connectivity index (χ0) is 20.6. The predicted octanol–water partition coefficient (Wildman–Crippen LogP) is 4.19. The molecule has 0 aliphatic rings. The summed E-state index contributed by atoms with van der Waals surface area (Å²) in [5.41, 5.74) is 1.44. The summed E-state index contributed by atoms with van der Waals surface area (Å²) in [5.74, 6) is -1.60. The zero-order valence-electron chi connectivity index (χ0n) is 16.0. The van der Waals surface area contributed by atoms with E-state index in [1.54, 1.807) is 42.5 Å². The normalized spacial score (nSPS) is 10.5. The van der Waals surface area contributed by atoms with Gasteiger partial charge in [0.05, 0.1) is 12.2 Å². The van der Waals surface area contributed by atoms with Gasteiger partial charge >= 0.3 is 11.9 Å². The van der Waals surface area contributed by atoms with E-state index >= 15 is 0 Å². The Hall–Kier alpha value is -3.61. The molecule has 1 N–H and O–H groups in total. The second-order valence-corrected chi connectivity index (χ2v) is 6.34. The van der Waals surface area contributed by atoms with E-state index in [0.29, 0.717) is 23.4 Å². The summed E-state index contributed by atoms with van der Waals surface area (Å²) < 4.78 is 15.5. The van der Waals surface area contributed by atoms with Crippen molar-refractivity contribution in [2.24, 2.45) is 0 Å². The van der Waals surface area contributed by atoms with Crippen LogP contribution in [-0.2, 0) is 14.3 Å². The van der Waals surface area contributed by atoms with E-state index in [1.165, 1.54) is 0 Å². The van der Waals surface area contributed by atoms with Gasteiger partial charge < -0.3 is 19.2 Å². The molecule has 0 atom stereocenters. The summed E-state index contributed by atoms with van der Waals surface area (Å²) in [5, 5.41) is 3.37. The number of carbonyl (C=O) groups excluding carboxylic acids is 3. The maximum absolute atomic E-state index is 12.1. The number of unbranched alkanes of at least 4 members (excludes halogenated alkanes) is 1. The van der Waals surface area contributed by atoms with Crippen LogP contribution in [0.15, 0.2) is 59.0 Å². The number of para-hydroxylation sites is 1. The SMILES string of the molecule is CCCCOC(=O)c1ccc(NC(=O)COC(=O)c2cc3ccccc3o2)cc1. The Morgan fingerprint density at radius 1 is 0.966 bits per heavy atom. The largest absolute Gasteiger partial charge is 0.462 e. The fourth-order valence-electron chi connectivity index (χ4n) is 2.56. The number of rotatable bonds is 8. The fraction of sp³-hybridized carbons (Fsp3) is 0.227. The average Bonchev–Trinajstić information content (AvgIpc) is 3.17. The van der Waals surface area contributed by atoms with E-state index in [9.17, 15) is 14.4 Å². The van der Waals surface area contributed by atoms with Gasteiger partial charge in [-0.25, -0.2) is 9.59 Å². The third kappa shape index (κ3) is 5.44. The van der Waals surface area contributed by atoms with E-state index in [4.69, 9.17) is 13.9 Å². The number of amides is 1. The molecular weight excluding hydrogens is 374 g/mol. The van der Waals surface area contributed by atoms with Crippen LogP contribution in [0.3, 0.4) is 0 Å². The van der Waals surface area contributed by atoms with Crippen LogP contribution < -0.4 is 5.32 Å². The van der Waals surface area contributed by atoms with Gasteiger partial charge in [-0.2, -0.15) is 0 Å². The molecule has 0 aliphatic heterocycles. The highest BCUT2D eigenvalue weighted by atomic mass is 16.5. The van der Waals surface area contributed by atoms with E-state index in [-0.39, 0.29) is 5.76 Å². The van der Waals surface area contributed by atoms with Crippen LogP contribution >= 0.6 is 0 Å². The lowest BCUT2D eigenvalue weighted by Crippen LogP contribution is -2.20. The second kappa shape index (κ2) is 9.54. The van der Waals surface area contributed by atoms with E-state index in [2.05, 4.69) is 5.32 Å². The van der Waals surface area contributed by atoms with Crippen LogP contribution in [0.1, 0.15) is 40.7 Å². The van der Waals surface area contributed by atoms with Crippen molar-refractivity contribution in [2.45, 2.75) is 19.8 Å². The molecule has 0 radical (unpaired) electrons. The number of hydrogen-bond acceptors (Lipinski definition) is 6. The number of carbonyl (C=O) groups is 3. The summed E-state index contributed by atoms with van der Waals surface area (Å²) in [6, 6.07) is 15.0. The maximum Gasteiger partial charge on any atom is 0.374 e. The highest BCUT2D eigenvalue weighted by molar-refractivity contribution is 5.97. The second-order valence-electron chi connectivity index (χ2n) is 6.34. The first-order chi connectivity index (χ1) is 14.1. The summed E-state index contributed by atoms with van der Waals surface area (Å²) in [4.78, 5) is 35.9. The highest BCUT2D eigenvalue weighted by Crippen LogP contribution is 2.19. The molecule has 0 spiro atoms. The molecular formula is C22H21NO6. The van der Waals surface area contributed by atoms with Gasteiger partial charge in [-0.1, -0.05) is 31.5 Å². The summed E-state index contributed by atoms with van der Waals surface area (Å²) in [7, 11) is 0. The highest BCUT2D eigenvalue weighted by Gasteiger charge is 2.15. The lowest BCUT2D eigenvalue weighted by molar-refractivity contribution is -0.119. The zero-order valence-corrected chi connectivity index (χ0v) is 16.0. The number of hydrogen-bond donors (Lipinski definition) is 1. The number of nitrogens with one attached hydrogen (secondary N) is 1. The van der Waals surface area contributed by atoms with Crippen molar-refractivity contribution in [3.05, 3.63) is 65.9 Å². The minimum Gasteiger partial charge on any atom is -0.462 e. The quantitative estimate of drug-likeness (QED) is 0.454. The molecule has 7 heteroatoms. The third-order valence-electron chi connectivity index (χ3n) is 4.10. The van der Waals surface area contributed by atoms with E-state index in [0.717, 1.165) is 18.2 Å². The van der Waals surface area contributed by atoms with Crippen molar-refractivity contribution in [3.63, 3.8) is 0 Å². The van der Waals surface area contributed by atoms with Crippen LogP contribution in [-0.4, -0.2) is 31.1 Å². The summed E-state index contributed by atoms with van der Waals surface area (Å²) in [6.07, 6.45) is 1.76. The van der Waals surface area contributed by atoms with Gasteiger partial charge in [-0.05, 0) is 42.8 Å². The first-order valence-electron chi connectivity index (χ1n) is 9.29. The maximum atomic E-state index is 12.1. The number of anilines is 1. The summed E-state index contributed by atoms with van der Waals surface area (Å²) >= 11 is 0. The van der Waals surface area contributed by atoms with Gasteiger partial charge in [0, 0.05) is 11.1 Å². The Morgan fingerprint density at radius 3 is 2.45 bits per heavy atom. The third-order valence-corrected chi connectivity index (χ3v) is 4.10. The smallest absolute Gasteiger partial charge is 0.374 e. The van der Waals surface area contributed by atoms with Gasteiger partial charge in [-0.3, -0.25) is 4.79 Å². The lowest BCUT2D eigenvalue weighted by atomic mass is 10.2. The molecule has 1 amide bonds. The molecule has 0 unspecified atom stereocenters. The fourth-order valence-corrected chi connectivity index (χ4v) is 2.56. The van der Waals surface area contributed by atoms with Gasteiger partial charge in [0.2, 0.25) is 5.76 Å². The van der Waals surface area contributed by atoms with Gasteiger partial charge in [0.15, 0.2) is 6.61 Å². The Balaban J connectivity index is 1.48. The lowest BCUT2D eigenvalue weighted by Gasteiger charge is -2.07. The molecule has 0 aliphatic carbocycles. The molecule has 1 heterocycles. The molecule has 2 aromatic carbocycles. The monoisotopic (exact) mass is 395 g/mol. The van der Waals surface area contributed by atoms with Crippen molar-refractivity contribution >= 4 is 34.5 Å². The topological polar surface area (TPSA) is 94.8 Å². The van der Waals surface area contributed by atoms with Gasteiger partial charge in [-0.15, -0.1) is 0 Å². The van der Waals surface area contributed by atoms with E-state index in [1.807, 2.05) is 19.1 Å².